The van der Waals surface area contributed by atoms with E-state index in [1.165, 1.54) is 86.7 Å². The van der Waals surface area contributed by atoms with Crippen molar-refractivity contribution in [3.05, 3.63) is 77.1 Å². The van der Waals surface area contributed by atoms with Gasteiger partial charge in [-0.1, -0.05) is 87.1 Å². The number of allylic oxidation sites excluding steroid dienone is 2. The molecule has 1 aliphatic heterocycles. The maximum absolute atomic E-state index is 2.91. The molecule has 5 rings (SSSR count). The average Bonchev–Trinajstić information content (AvgIpc) is 3.14. The van der Waals surface area contributed by atoms with Gasteiger partial charge in [-0.15, -0.1) is 0 Å². The number of hydrogen-bond acceptors (Lipinski definition) is 2. The summed E-state index contributed by atoms with van der Waals surface area (Å²) in [5.41, 5.74) is 7.35. The average molecular weight is 415 g/mol. The summed E-state index contributed by atoms with van der Waals surface area (Å²) in [6.45, 7) is 4.68. The molecule has 1 heterocycles. The molecule has 0 spiro atoms. The lowest BCUT2D eigenvalue weighted by molar-refractivity contribution is 0.139. The molecule has 2 nitrogen and oxygen atoms in total. The number of hydrogen-bond donors (Lipinski definition) is 0. The van der Waals surface area contributed by atoms with E-state index in [1.54, 1.807) is 5.70 Å². The molecule has 164 valence electrons. The molecule has 3 aliphatic rings. The highest BCUT2D eigenvalue weighted by Crippen LogP contribution is 2.50. The van der Waals surface area contributed by atoms with E-state index in [2.05, 4.69) is 78.2 Å². The Morgan fingerprint density at radius 2 is 1.29 bits per heavy atom. The topological polar surface area (TPSA) is 6.48 Å². The number of aryl methyl sites for hydroxylation is 1. The maximum Gasteiger partial charge on any atom is 0.132 e. The zero-order valence-electron chi connectivity index (χ0n) is 19.4. The van der Waals surface area contributed by atoms with Gasteiger partial charge in [0.25, 0.3) is 0 Å². The minimum absolute atomic E-state index is 0.280. The van der Waals surface area contributed by atoms with Crippen LogP contribution in [0, 0.1) is 12.8 Å². The van der Waals surface area contributed by atoms with E-state index in [0.717, 1.165) is 5.92 Å². The quantitative estimate of drug-likeness (QED) is 0.500. The Labute approximate surface area is 189 Å². The minimum Gasteiger partial charge on any atom is -0.346 e. The van der Waals surface area contributed by atoms with Gasteiger partial charge in [0.05, 0.1) is 0 Å². The van der Waals surface area contributed by atoms with Crippen LogP contribution in [0.3, 0.4) is 0 Å². The monoisotopic (exact) mass is 414 g/mol. The van der Waals surface area contributed by atoms with E-state index in [9.17, 15) is 0 Å². The van der Waals surface area contributed by atoms with Gasteiger partial charge in [0, 0.05) is 29.0 Å². The fourth-order valence-electron chi connectivity index (χ4n) is 6.47. The summed E-state index contributed by atoms with van der Waals surface area (Å²) >= 11 is 0. The van der Waals surface area contributed by atoms with Crippen LogP contribution in [-0.2, 0) is 0 Å². The molecule has 1 atom stereocenters. The molecule has 1 unspecified atom stereocenters. The van der Waals surface area contributed by atoms with Crippen LogP contribution in [0.4, 0.5) is 5.69 Å². The van der Waals surface area contributed by atoms with E-state index in [4.69, 9.17) is 0 Å². The molecule has 2 saturated carbocycles. The van der Waals surface area contributed by atoms with Crippen molar-refractivity contribution in [2.24, 2.45) is 5.92 Å². The zero-order valence-corrected chi connectivity index (χ0v) is 19.4. The van der Waals surface area contributed by atoms with Gasteiger partial charge in [0.2, 0.25) is 0 Å². The highest BCUT2D eigenvalue weighted by Gasteiger charge is 2.44. The molecule has 31 heavy (non-hydrogen) atoms. The van der Waals surface area contributed by atoms with Crippen molar-refractivity contribution in [2.75, 3.05) is 4.90 Å². The van der Waals surface area contributed by atoms with Gasteiger partial charge >= 0.3 is 0 Å². The second kappa shape index (κ2) is 9.10. The highest BCUT2D eigenvalue weighted by molar-refractivity contribution is 5.62. The minimum atomic E-state index is 0.280. The third-order valence-corrected chi connectivity index (χ3v) is 7.95. The zero-order chi connectivity index (χ0) is 21.2. The number of para-hydroxylation sites is 1. The Balaban J connectivity index is 1.66. The lowest BCUT2D eigenvalue weighted by atomic mass is 9.84. The van der Waals surface area contributed by atoms with E-state index in [0.29, 0.717) is 6.04 Å². The van der Waals surface area contributed by atoms with Crippen LogP contribution in [0.2, 0.25) is 0 Å². The Morgan fingerprint density at radius 1 is 0.677 bits per heavy atom. The first kappa shape index (κ1) is 20.7. The summed E-state index contributed by atoms with van der Waals surface area (Å²) in [4.78, 5) is 5.59. The van der Waals surface area contributed by atoms with Gasteiger partial charge in [0.1, 0.15) is 6.17 Å². The van der Waals surface area contributed by atoms with Crippen LogP contribution in [0.1, 0.15) is 88.4 Å². The smallest absolute Gasteiger partial charge is 0.132 e. The van der Waals surface area contributed by atoms with Gasteiger partial charge in [-0.25, -0.2) is 0 Å². The molecule has 0 bridgehead atoms. The number of nitrogens with zero attached hydrogens (tertiary/aromatic N) is 2. The van der Waals surface area contributed by atoms with Crippen molar-refractivity contribution < 1.29 is 0 Å². The molecule has 0 saturated heterocycles. The molecule has 2 aromatic rings. The van der Waals surface area contributed by atoms with Crippen LogP contribution in [0.15, 0.2) is 66.0 Å². The Kier molecular flexibility index (Phi) is 6.07. The Hall–Kier alpha value is -2.22. The fourth-order valence-corrected chi connectivity index (χ4v) is 6.47. The second-order valence-corrected chi connectivity index (χ2v) is 9.95. The molecular formula is C29H38N2. The van der Waals surface area contributed by atoms with Gasteiger partial charge in [-0.05, 0) is 56.7 Å². The standard InChI is InChI=1S/C29H38N2/c1-22-14-12-13-21-27(22)30-23(2)28(24-15-6-3-7-16-24)31(26-19-10-5-11-20-26)29(30)25-17-8-4-9-18-25/h4,8-9,12-14,17-18,21,24,26,29H,3,5-7,10-11,15-16,19-20H2,1-2H3. The van der Waals surface area contributed by atoms with Crippen molar-refractivity contribution in [2.45, 2.75) is 90.3 Å². The first-order valence-corrected chi connectivity index (χ1v) is 12.6. The predicted molar refractivity (Wildman–Crippen MR) is 131 cm³/mol. The lowest BCUT2D eigenvalue weighted by Gasteiger charge is -2.43. The molecule has 2 fully saturated rings. The summed E-state index contributed by atoms with van der Waals surface area (Å²) < 4.78 is 0. The van der Waals surface area contributed by atoms with Crippen molar-refractivity contribution in [3.63, 3.8) is 0 Å². The van der Waals surface area contributed by atoms with E-state index >= 15 is 0 Å². The molecule has 2 heteroatoms. The van der Waals surface area contributed by atoms with Gasteiger partial charge in [-0.2, -0.15) is 0 Å². The predicted octanol–water partition coefficient (Wildman–Crippen LogP) is 7.96. The van der Waals surface area contributed by atoms with Crippen molar-refractivity contribution in [1.29, 1.82) is 0 Å². The van der Waals surface area contributed by atoms with Gasteiger partial charge < -0.3 is 9.80 Å². The first-order chi connectivity index (χ1) is 15.3. The highest BCUT2D eigenvalue weighted by atomic mass is 15.4. The van der Waals surface area contributed by atoms with Crippen LogP contribution in [-0.4, -0.2) is 10.9 Å². The van der Waals surface area contributed by atoms with Crippen LogP contribution >= 0.6 is 0 Å². The van der Waals surface area contributed by atoms with Crippen molar-refractivity contribution in [3.8, 4) is 0 Å². The maximum atomic E-state index is 2.91. The molecule has 0 N–H and O–H groups in total. The van der Waals surface area contributed by atoms with Gasteiger partial charge in [0.15, 0.2) is 0 Å². The molecule has 0 radical (unpaired) electrons. The Bertz CT molecular complexity index is 903. The first-order valence-electron chi connectivity index (χ1n) is 12.6. The molecule has 2 aliphatic carbocycles. The number of anilines is 1. The molecular weight excluding hydrogens is 376 g/mol. The third kappa shape index (κ3) is 3.90. The Morgan fingerprint density at radius 3 is 1.97 bits per heavy atom. The fraction of sp³-hybridized carbons (Fsp3) is 0.517. The summed E-state index contributed by atoms with van der Waals surface area (Å²) in [7, 11) is 0. The number of benzene rings is 2. The number of rotatable bonds is 4. The van der Waals surface area contributed by atoms with Crippen LogP contribution in [0.25, 0.3) is 0 Å². The van der Waals surface area contributed by atoms with Crippen LogP contribution < -0.4 is 4.90 Å². The summed E-state index contributed by atoms with van der Waals surface area (Å²) in [6, 6.07) is 21.0. The molecule has 0 aromatic heterocycles. The lowest BCUT2D eigenvalue weighted by Crippen LogP contribution is -2.42. The van der Waals surface area contributed by atoms with Crippen molar-refractivity contribution >= 4 is 5.69 Å². The van der Waals surface area contributed by atoms with Crippen LogP contribution in [0.5, 0.6) is 0 Å². The summed E-state index contributed by atoms with van der Waals surface area (Å²) in [5, 5.41) is 0. The SMILES string of the molecule is CC1=C(C2CCCCC2)N(C2CCCCC2)C(c2ccccc2)N1c1ccccc1C. The summed E-state index contributed by atoms with van der Waals surface area (Å²) in [6.07, 6.45) is 14.0. The molecule has 2 aromatic carbocycles. The third-order valence-electron chi connectivity index (χ3n) is 7.95. The van der Waals surface area contributed by atoms with E-state index < -0.39 is 0 Å². The van der Waals surface area contributed by atoms with Crippen molar-refractivity contribution in [1.82, 2.24) is 4.90 Å². The normalized spacial score (nSPS) is 23.6. The molecule has 0 amide bonds. The van der Waals surface area contributed by atoms with Gasteiger partial charge in [-0.3, -0.25) is 0 Å². The second-order valence-electron chi connectivity index (χ2n) is 9.95. The van der Waals surface area contributed by atoms with E-state index in [-0.39, 0.29) is 6.17 Å². The largest absolute Gasteiger partial charge is 0.346 e. The van der Waals surface area contributed by atoms with E-state index in [1.807, 2.05) is 0 Å². The summed E-state index contributed by atoms with van der Waals surface area (Å²) in [5.74, 6) is 0.718.